The predicted octanol–water partition coefficient (Wildman–Crippen LogP) is 1.69. The van der Waals surface area contributed by atoms with Crippen molar-refractivity contribution in [1.82, 2.24) is 5.32 Å². The Hall–Kier alpha value is -0.770. The monoisotopic (exact) mass is 201 g/mol. The van der Waals surface area contributed by atoms with Gasteiger partial charge in [0.15, 0.2) is 0 Å². The maximum absolute atomic E-state index is 11.2. The fourth-order valence-corrected chi connectivity index (χ4v) is 1.32. The number of nitrogens with one attached hydrogen (secondary N) is 1. The van der Waals surface area contributed by atoms with E-state index in [0.717, 1.165) is 19.4 Å². The van der Waals surface area contributed by atoms with Crippen molar-refractivity contribution in [3.63, 3.8) is 0 Å². The molecule has 0 aliphatic carbocycles. The number of carbonyl (C=O) groups excluding carboxylic acids is 1. The molecule has 0 saturated carbocycles. The van der Waals surface area contributed by atoms with Crippen LogP contribution in [0.15, 0.2) is 0 Å². The van der Waals surface area contributed by atoms with E-state index in [1.54, 1.807) is 0 Å². The molecule has 0 aromatic carbocycles. The lowest BCUT2D eigenvalue weighted by molar-refractivity contribution is 0.0469. The summed E-state index contributed by atoms with van der Waals surface area (Å²) in [6, 6.07) is 0. The Bertz CT molecular complexity index is 192. The third-order valence-corrected chi connectivity index (χ3v) is 1.90. The van der Waals surface area contributed by atoms with Crippen molar-refractivity contribution in [2.75, 3.05) is 13.2 Å². The Balaban J connectivity index is 2.14. The SMILES string of the molecule is CC(C)(C)OC(=O)NCC1CCCO1. The molecule has 1 amide bonds. The smallest absolute Gasteiger partial charge is 0.407 e. The summed E-state index contributed by atoms with van der Waals surface area (Å²) in [6.07, 6.45) is 1.91. The van der Waals surface area contributed by atoms with Gasteiger partial charge < -0.3 is 14.8 Å². The molecule has 1 fully saturated rings. The van der Waals surface area contributed by atoms with Crippen molar-refractivity contribution in [3.05, 3.63) is 0 Å². The first-order chi connectivity index (χ1) is 6.47. The molecule has 1 aliphatic rings. The van der Waals surface area contributed by atoms with Gasteiger partial charge in [-0.05, 0) is 33.6 Å². The molecule has 1 heterocycles. The lowest BCUT2D eigenvalue weighted by atomic mass is 10.2. The Morgan fingerprint density at radius 1 is 1.57 bits per heavy atom. The molecule has 82 valence electrons. The van der Waals surface area contributed by atoms with E-state index in [-0.39, 0.29) is 12.2 Å². The second-order valence-corrected chi connectivity index (χ2v) is 4.52. The summed E-state index contributed by atoms with van der Waals surface area (Å²) in [5, 5.41) is 2.69. The van der Waals surface area contributed by atoms with Crippen LogP contribution in [0.2, 0.25) is 0 Å². The van der Waals surface area contributed by atoms with Crippen molar-refractivity contribution in [2.45, 2.75) is 45.3 Å². The van der Waals surface area contributed by atoms with Crippen molar-refractivity contribution < 1.29 is 14.3 Å². The number of hydrogen-bond donors (Lipinski definition) is 1. The molecule has 1 aliphatic heterocycles. The molecule has 0 spiro atoms. The topological polar surface area (TPSA) is 47.6 Å². The fourth-order valence-electron chi connectivity index (χ4n) is 1.32. The maximum atomic E-state index is 11.2. The van der Waals surface area contributed by atoms with Crippen LogP contribution in [0.4, 0.5) is 4.79 Å². The highest BCUT2D eigenvalue weighted by Gasteiger charge is 2.19. The standard InChI is InChI=1S/C10H19NO3/c1-10(2,3)14-9(12)11-7-8-5-4-6-13-8/h8H,4-7H2,1-3H3,(H,11,12). The summed E-state index contributed by atoms with van der Waals surface area (Å²) in [6.45, 7) is 6.89. The molecule has 14 heavy (non-hydrogen) atoms. The van der Waals surface area contributed by atoms with Gasteiger partial charge in [0.05, 0.1) is 6.10 Å². The zero-order valence-corrected chi connectivity index (χ0v) is 9.13. The van der Waals surface area contributed by atoms with Crippen LogP contribution in [-0.4, -0.2) is 30.9 Å². The first-order valence-corrected chi connectivity index (χ1v) is 5.06. The van der Waals surface area contributed by atoms with E-state index in [1.165, 1.54) is 0 Å². The minimum atomic E-state index is -0.430. The van der Waals surface area contributed by atoms with Crippen LogP contribution in [0.3, 0.4) is 0 Å². The minimum absolute atomic E-state index is 0.169. The normalized spacial score (nSPS) is 22.1. The Morgan fingerprint density at radius 3 is 2.79 bits per heavy atom. The molecular weight excluding hydrogens is 182 g/mol. The Morgan fingerprint density at radius 2 is 2.29 bits per heavy atom. The molecule has 1 unspecified atom stereocenters. The first kappa shape index (κ1) is 11.3. The van der Waals surface area contributed by atoms with E-state index in [2.05, 4.69) is 5.32 Å². The quantitative estimate of drug-likeness (QED) is 0.739. The molecule has 1 saturated heterocycles. The van der Waals surface area contributed by atoms with E-state index in [4.69, 9.17) is 9.47 Å². The average molecular weight is 201 g/mol. The third-order valence-electron chi connectivity index (χ3n) is 1.90. The van der Waals surface area contributed by atoms with Gasteiger partial charge in [-0.3, -0.25) is 0 Å². The van der Waals surface area contributed by atoms with Crippen molar-refractivity contribution in [3.8, 4) is 0 Å². The Kier molecular flexibility index (Phi) is 3.75. The number of rotatable bonds is 2. The van der Waals surface area contributed by atoms with Gasteiger partial charge in [0.1, 0.15) is 5.60 Å². The summed E-state index contributed by atoms with van der Waals surface area (Å²) in [7, 11) is 0. The number of carbonyl (C=O) groups is 1. The predicted molar refractivity (Wildman–Crippen MR) is 53.2 cm³/mol. The lowest BCUT2D eigenvalue weighted by Crippen LogP contribution is -2.36. The second-order valence-electron chi connectivity index (χ2n) is 4.52. The van der Waals surface area contributed by atoms with Crippen molar-refractivity contribution in [2.24, 2.45) is 0 Å². The molecule has 4 nitrogen and oxygen atoms in total. The van der Waals surface area contributed by atoms with Crippen LogP contribution in [-0.2, 0) is 9.47 Å². The molecule has 1 N–H and O–H groups in total. The van der Waals surface area contributed by atoms with Gasteiger partial charge in [-0.25, -0.2) is 4.79 Å². The summed E-state index contributed by atoms with van der Waals surface area (Å²) >= 11 is 0. The van der Waals surface area contributed by atoms with Gasteiger partial charge in [0.2, 0.25) is 0 Å². The van der Waals surface area contributed by atoms with E-state index >= 15 is 0 Å². The van der Waals surface area contributed by atoms with E-state index in [1.807, 2.05) is 20.8 Å². The summed E-state index contributed by atoms with van der Waals surface area (Å²) in [5.74, 6) is 0. The van der Waals surface area contributed by atoms with Gasteiger partial charge >= 0.3 is 6.09 Å². The van der Waals surface area contributed by atoms with Crippen LogP contribution in [0.5, 0.6) is 0 Å². The summed E-state index contributed by atoms with van der Waals surface area (Å²) < 4.78 is 10.5. The van der Waals surface area contributed by atoms with E-state index in [9.17, 15) is 4.79 Å². The van der Waals surface area contributed by atoms with Gasteiger partial charge in [-0.2, -0.15) is 0 Å². The number of alkyl carbamates (subject to hydrolysis) is 1. The van der Waals surface area contributed by atoms with Crippen LogP contribution in [0.25, 0.3) is 0 Å². The highest BCUT2D eigenvalue weighted by molar-refractivity contribution is 5.67. The van der Waals surface area contributed by atoms with Gasteiger partial charge in [-0.15, -0.1) is 0 Å². The molecule has 0 radical (unpaired) electrons. The van der Waals surface area contributed by atoms with Crippen LogP contribution >= 0.6 is 0 Å². The minimum Gasteiger partial charge on any atom is -0.444 e. The van der Waals surface area contributed by atoms with E-state index < -0.39 is 5.60 Å². The van der Waals surface area contributed by atoms with Crippen molar-refractivity contribution >= 4 is 6.09 Å². The largest absolute Gasteiger partial charge is 0.444 e. The molecule has 0 bridgehead atoms. The van der Waals surface area contributed by atoms with Gasteiger partial charge in [0, 0.05) is 13.2 Å². The zero-order chi connectivity index (χ0) is 10.6. The molecule has 1 atom stereocenters. The Labute approximate surface area is 85.0 Å². The average Bonchev–Trinajstić information content (AvgIpc) is 2.49. The maximum Gasteiger partial charge on any atom is 0.407 e. The molecule has 0 aromatic rings. The van der Waals surface area contributed by atoms with E-state index in [0.29, 0.717) is 6.54 Å². The molecule has 1 rings (SSSR count). The molecule has 0 aromatic heterocycles. The van der Waals surface area contributed by atoms with Crippen LogP contribution in [0.1, 0.15) is 33.6 Å². The first-order valence-electron chi connectivity index (χ1n) is 5.06. The van der Waals surface area contributed by atoms with Gasteiger partial charge in [0.25, 0.3) is 0 Å². The number of ether oxygens (including phenoxy) is 2. The fraction of sp³-hybridized carbons (Fsp3) is 0.900. The highest BCUT2D eigenvalue weighted by Crippen LogP contribution is 2.11. The summed E-state index contributed by atoms with van der Waals surface area (Å²) in [4.78, 5) is 11.2. The van der Waals surface area contributed by atoms with Crippen LogP contribution in [0, 0.1) is 0 Å². The summed E-state index contributed by atoms with van der Waals surface area (Å²) in [5.41, 5.74) is -0.430. The third kappa shape index (κ3) is 4.46. The second kappa shape index (κ2) is 4.64. The van der Waals surface area contributed by atoms with Crippen molar-refractivity contribution in [1.29, 1.82) is 0 Å². The zero-order valence-electron chi connectivity index (χ0n) is 9.13. The lowest BCUT2D eigenvalue weighted by Gasteiger charge is -2.20. The molecular formula is C10H19NO3. The van der Waals surface area contributed by atoms with Crippen LogP contribution < -0.4 is 5.32 Å². The highest BCUT2D eigenvalue weighted by atomic mass is 16.6. The molecule has 4 heteroatoms. The number of amides is 1. The van der Waals surface area contributed by atoms with Gasteiger partial charge in [-0.1, -0.05) is 0 Å². The number of hydrogen-bond acceptors (Lipinski definition) is 3.